The van der Waals surface area contributed by atoms with E-state index in [0.29, 0.717) is 44.3 Å². The van der Waals surface area contributed by atoms with E-state index >= 15 is 0 Å². The van der Waals surface area contributed by atoms with E-state index in [9.17, 15) is 14.4 Å². The van der Waals surface area contributed by atoms with Crippen molar-refractivity contribution >= 4 is 29.6 Å². The first-order chi connectivity index (χ1) is 15.8. The molecule has 0 bridgehead atoms. The van der Waals surface area contributed by atoms with Gasteiger partial charge in [-0.25, -0.2) is 0 Å². The Morgan fingerprint density at radius 3 is 2.42 bits per heavy atom. The lowest BCUT2D eigenvalue weighted by Gasteiger charge is -2.17. The molecule has 0 aliphatic heterocycles. The molecule has 33 heavy (non-hydrogen) atoms. The van der Waals surface area contributed by atoms with Crippen molar-refractivity contribution in [2.24, 2.45) is 5.73 Å². The number of nitrogens with two attached hydrogens (primary N) is 1. The topological polar surface area (TPSA) is 146 Å². The van der Waals surface area contributed by atoms with E-state index < -0.39 is 24.1 Å². The third-order valence-corrected chi connectivity index (χ3v) is 5.31. The number of hydrogen-bond acceptors (Lipinski definition) is 10. The predicted molar refractivity (Wildman–Crippen MR) is 124 cm³/mol. The van der Waals surface area contributed by atoms with Gasteiger partial charge in [0.25, 0.3) is 0 Å². The molecule has 0 spiro atoms. The summed E-state index contributed by atoms with van der Waals surface area (Å²) in [4.78, 5) is 34.3. The van der Waals surface area contributed by atoms with Crippen molar-refractivity contribution in [2.45, 2.75) is 32.4 Å². The number of ether oxygens (including phenoxy) is 4. The molecular weight excluding hydrogens is 452 g/mol. The molecule has 1 aromatic rings. The van der Waals surface area contributed by atoms with Crippen LogP contribution in [0.1, 0.15) is 19.4 Å². The Bertz CT molecular complexity index is 717. The van der Waals surface area contributed by atoms with Crippen molar-refractivity contribution in [3.05, 3.63) is 29.8 Å². The molecule has 0 saturated heterocycles. The highest BCUT2D eigenvalue weighted by Gasteiger charge is 2.17. The fourth-order valence-corrected chi connectivity index (χ4v) is 3.53. The maximum atomic E-state index is 12.2. The van der Waals surface area contributed by atoms with Crippen LogP contribution in [0.3, 0.4) is 0 Å². The third kappa shape index (κ3) is 14.4. The van der Waals surface area contributed by atoms with Crippen molar-refractivity contribution in [2.75, 3.05) is 51.1 Å². The summed E-state index contributed by atoms with van der Waals surface area (Å²) in [6.07, 6.45) is 0.0502. The molecule has 0 radical (unpaired) electrons. The molecular formula is C22H34N2O8S. The summed E-state index contributed by atoms with van der Waals surface area (Å²) >= 11 is 1.34. The Morgan fingerprint density at radius 2 is 1.79 bits per heavy atom. The lowest BCUT2D eigenvalue weighted by molar-refractivity contribution is -0.154. The normalized spacial score (nSPS) is 12.5. The molecule has 0 aliphatic rings. The van der Waals surface area contributed by atoms with E-state index in [-0.39, 0.29) is 19.1 Å². The minimum absolute atomic E-state index is 0.0107. The SMILES string of the molecule is CC(=O)OC[C@H](CSC[C@H](N)C(=O)NCCc1ccc(OCCOCCO)cc1)OC(C)=O. The maximum absolute atomic E-state index is 12.2. The summed E-state index contributed by atoms with van der Waals surface area (Å²) < 4.78 is 20.6. The van der Waals surface area contributed by atoms with Crippen LogP contribution in [0.15, 0.2) is 24.3 Å². The van der Waals surface area contributed by atoms with Crippen LogP contribution in [0.25, 0.3) is 0 Å². The van der Waals surface area contributed by atoms with Crippen molar-refractivity contribution < 1.29 is 38.4 Å². The van der Waals surface area contributed by atoms with E-state index in [2.05, 4.69) is 5.32 Å². The smallest absolute Gasteiger partial charge is 0.303 e. The lowest BCUT2D eigenvalue weighted by atomic mass is 10.1. The number of rotatable bonds is 17. The monoisotopic (exact) mass is 486 g/mol. The first kappa shape index (κ1) is 28.7. The Kier molecular flexibility index (Phi) is 14.9. The summed E-state index contributed by atoms with van der Waals surface area (Å²) in [5, 5.41) is 11.4. The Morgan fingerprint density at radius 1 is 1.06 bits per heavy atom. The zero-order valence-electron chi connectivity index (χ0n) is 19.1. The molecule has 2 atom stereocenters. The molecule has 1 amide bonds. The van der Waals surface area contributed by atoms with Gasteiger partial charge in [-0.15, -0.1) is 0 Å². The summed E-state index contributed by atoms with van der Waals surface area (Å²) in [7, 11) is 0. The minimum atomic E-state index is -0.717. The molecule has 0 aliphatic carbocycles. The van der Waals surface area contributed by atoms with Gasteiger partial charge in [0.2, 0.25) is 5.91 Å². The van der Waals surface area contributed by atoms with Crippen LogP contribution in [0.4, 0.5) is 0 Å². The van der Waals surface area contributed by atoms with E-state index in [1.165, 1.54) is 25.6 Å². The molecule has 1 aromatic carbocycles. The standard InChI is InChI=1S/C22H34N2O8S/c1-16(26)31-13-20(32-17(2)27)14-33-15-21(23)22(28)24-8-7-18-3-5-19(6-4-18)30-12-11-29-10-9-25/h3-6,20-21,25H,7-15,23H2,1-2H3,(H,24,28)/t20-,21+/m1/s1. The summed E-state index contributed by atoms with van der Waals surface area (Å²) in [6, 6.07) is 6.82. The third-order valence-electron chi connectivity index (χ3n) is 4.11. The van der Waals surface area contributed by atoms with Crippen LogP contribution in [0.5, 0.6) is 5.75 Å². The molecule has 0 unspecified atom stereocenters. The van der Waals surface area contributed by atoms with Gasteiger partial charge in [0.1, 0.15) is 25.1 Å². The highest BCUT2D eigenvalue weighted by atomic mass is 32.2. The van der Waals surface area contributed by atoms with Gasteiger partial charge >= 0.3 is 11.9 Å². The van der Waals surface area contributed by atoms with Gasteiger partial charge in [-0.2, -0.15) is 11.8 Å². The van der Waals surface area contributed by atoms with Gasteiger partial charge in [0.05, 0.1) is 25.9 Å². The second-order valence-corrected chi connectivity index (χ2v) is 8.12. The van der Waals surface area contributed by atoms with Crippen LogP contribution < -0.4 is 15.8 Å². The zero-order valence-corrected chi connectivity index (χ0v) is 19.9. The molecule has 4 N–H and O–H groups in total. The maximum Gasteiger partial charge on any atom is 0.303 e. The first-order valence-electron chi connectivity index (χ1n) is 10.6. The molecule has 0 saturated carbocycles. The van der Waals surface area contributed by atoms with Gasteiger partial charge in [0.15, 0.2) is 0 Å². The van der Waals surface area contributed by atoms with Gasteiger partial charge < -0.3 is 35.1 Å². The molecule has 10 nitrogen and oxygen atoms in total. The zero-order chi connectivity index (χ0) is 24.5. The highest BCUT2D eigenvalue weighted by Crippen LogP contribution is 2.12. The van der Waals surface area contributed by atoms with Crippen molar-refractivity contribution in [1.29, 1.82) is 0 Å². The Balaban J connectivity index is 2.26. The predicted octanol–water partition coefficient (Wildman–Crippen LogP) is 0.288. The fraction of sp³-hybridized carbons (Fsp3) is 0.591. The van der Waals surface area contributed by atoms with E-state index in [1.54, 1.807) is 0 Å². The van der Waals surface area contributed by atoms with Crippen LogP contribution in [0, 0.1) is 0 Å². The molecule has 0 aromatic heterocycles. The summed E-state index contributed by atoms with van der Waals surface area (Å²) in [5.74, 6) is 0.207. The van der Waals surface area contributed by atoms with Gasteiger partial charge in [-0.1, -0.05) is 12.1 Å². The second-order valence-electron chi connectivity index (χ2n) is 7.05. The van der Waals surface area contributed by atoms with Crippen LogP contribution >= 0.6 is 11.8 Å². The van der Waals surface area contributed by atoms with Gasteiger partial charge in [0, 0.05) is 31.9 Å². The van der Waals surface area contributed by atoms with E-state index in [0.717, 1.165) is 11.3 Å². The number of aliphatic hydroxyl groups excluding tert-OH is 1. The number of thioether (sulfide) groups is 1. The highest BCUT2D eigenvalue weighted by molar-refractivity contribution is 7.99. The van der Waals surface area contributed by atoms with Crippen LogP contribution in [0.2, 0.25) is 0 Å². The number of amides is 1. The second kappa shape index (κ2) is 17.2. The van der Waals surface area contributed by atoms with E-state index in [4.69, 9.17) is 29.8 Å². The Hall–Kier alpha value is -2.34. The largest absolute Gasteiger partial charge is 0.491 e. The van der Waals surface area contributed by atoms with E-state index in [1.807, 2.05) is 24.3 Å². The molecule has 11 heteroatoms. The number of aliphatic hydroxyl groups is 1. The van der Waals surface area contributed by atoms with Gasteiger partial charge in [-0.3, -0.25) is 14.4 Å². The number of benzene rings is 1. The quantitative estimate of drug-likeness (QED) is 0.207. The van der Waals surface area contributed by atoms with Crippen LogP contribution in [-0.2, 0) is 35.0 Å². The fourth-order valence-electron chi connectivity index (χ4n) is 2.56. The van der Waals surface area contributed by atoms with Crippen LogP contribution in [-0.4, -0.2) is 86.2 Å². The average molecular weight is 487 g/mol. The number of nitrogens with one attached hydrogen (secondary N) is 1. The number of esters is 2. The number of hydrogen-bond donors (Lipinski definition) is 3. The molecule has 1 rings (SSSR count). The summed E-state index contributed by atoms with van der Waals surface area (Å²) in [5.41, 5.74) is 6.98. The first-order valence-corrected chi connectivity index (χ1v) is 11.8. The van der Waals surface area contributed by atoms with Crippen molar-refractivity contribution in [3.8, 4) is 5.75 Å². The van der Waals surface area contributed by atoms with Gasteiger partial charge in [-0.05, 0) is 24.1 Å². The number of carbonyl (C=O) groups is 3. The lowest BCUT2D eigenvalue weighted by Crippen LogP contribution is -2.43. The Labute approximate surface area is 198 Å². The number of carbonyl (C=O) groups excluding carboxylic acids is 3. The molecule has 186 valence electrons. The molecule has 0 heterocycles. The summed E-state index contributed by atoms with van der Waals surface area (Å²) in [6.45, 7) is 4.05. The minimum Gasteiger partial charge on any atom is -0.491 e. The van der Waals surface area contributed by atoms with Crippen molar-refractivity contribution in [1.82, 2.24) is 5.32 Å². The van der Waals surface area contributed by atoms with Crippen molar-refractivity contribution in [3.63, 3.8) is 0 Å². The molecule has 0 fully saturated rings. The average Bonchev–Trinajstić information content (AvgIpc) is 2.77.